The number of nitrogens with zero attached hydrogens (tertiary/aromatic N) is 2. The molecule has 2 heterocycles. The average molecular weight is 368 g/mol. The number of anilines is 1. The molecular weight excluding hydrogens is 348 g/mol. The Kier molecular flexibility index (Phi) is 4.31. The van der Waals surface area contributed by atoms with Crippen molar-refractivity contribution < 1.29 is 24.3 Å². The molecule has 27 heavy (non-hydrogen) atoms. The van der Waals surface area contributed by atoms with Crippen LogP contribution in [0.2, 0.25) is 0 Å². The van der Waals surface area contributed by atoms with Crippen molar-refractivity contribution in [2.75, 3.05) is 25.1 Å². The van der Waals surface area contributed by atoms with Crippen LogP contribution in [0.4, 0.5) is 5.69 Å². The number of amides is 2. The summed E-state index contributed by atoms with van der Waals surface area (Å²) in [7, 11) is 1.41. The van der Waals surface area contributed by atoms with Crippen LogP contribution in [-0.2, 0) is 9.53 Å². The predicted octanol–water partition coefficient (Wildman–Crippen LogP) is 2.60. The van der Waals surface area contributed by atoms with Gasteiger partial charge in [-0.15, -0.1) is 5.06 Å². The van der Waals surface area contributed by atoms with Gasteiger partial charge in [-0.25, -0.2) is 0 Å². The number of carbonyl (C=O) groups excluding carboxylic acids is 3. The molecule has 0 atom stereocenters. The molecule has 2 aromatic carbocycles. The highest BCUT2D eigenvalue weighted by atomic mass is 16.5. The molecule has 1 N–H and O–H groups in total. The van der Waals surface area contributed by atoms with E-state index in [-0.39, 0.29) is 11.0 Å². The fraction of sp³-hybridized carbons (Fsp3) is 0.350. The highest BCUT2D eigenvalue weighted by Crippen LogP contribution is 2.37. The van der Waals surface area contributed by atoms with E-state index in [0.29, 0.717) is 28.9 Å². The number of esters is 1. The summed E-state index contributed by atoms with van der Waals surface area (Å²) in [6.07, 6.45) is 2.18. The minimum absolute atomic E-state index is 0.176. The first-order chi connectivity index (χ1) is 13.0. The van der Waals surface area contributed by atoms with Gasteiger partial charge >= 0.3 is 5.97 Å². The number of hydroxylamine groups is 2. The van der Waals surface area contributed by atoms with Crippen LogP contribution in [0.25, 0.3) is 10.8 Å². The van der Waals surface area contributed by atoms with Crippen LogP contribution in [0.3, 0.4) is 0 Å². The van der Waals surface area contributed by atoms with Gasteiger partial charge < -0.3 is 9.64 Å². The lowest BCUT2D eigenvalue weighted by Crippen LogP contribution is -2.38. The maximum atomic E-state index is 12.3. The molecule has 4 rings (SSSR count). The second-order valence-electron chi connectivity index (χ2n) is 6.99. The highest BCUT2D eigenvalue weighted by molar-refractivity contribution is 6.26. The van der Waals surface area contributed by atoms with E-state index in [4.69, 9.17) is 4.74 Å². The molecule has 0 spiro atoms. The third-order valence-corrected chi connectivity index (χ3v) is 5.50. The van der Waals surface area contributed by atoms with Gasteiger partial charge in [-0.3, -0.25) is 19.6 Å². The van der Waals surface area contributed by atoms with Crippen LogP contribution in [0, 0.1) is 5.92 Å². The van der Waals surface area contributed by atoms with Crippen LogP contribution in [0.15, 0.2) is 30.3 Å². The van der Waals surface area contributed by atoms with Gasteiger partial charge in [-0.05, 0) is 37.0 Å². The Bertz CT molecular complexity index is 925. The topological polar surface area (TPSA) is 87.2 Å². The zero-order valence-corrected chi connectivity index (χ0v) is 15.0. The van der Waals surface area contributed by atoms with Crippen LogP contribution in [-0.4, -0.2) is 48.3 Å². The van der Waals surface area contributed by atoms with Gasteiger partial charge in [-0.2, -0.15) is 0 Å². The number of methoxy groups -OCH3 is 1. The monoisotopic (exact) mass is 368 g/mol. The summed E-state index contributed by atoms with van der Waals surface area (Å²) in [5.41, 5.74) is 1.61. The maximum Gasteiger partial charge on any atom is 0.305 e. The summed E-state index contributed by atoms with van der Waals surface area (Å²) < 4.78 is 4.76. The van der Waals surface area contributed by atoms with Crippen molar-refractivity contribution in [2.24, 2.45) is 5.92 Å². The first kappa shape index (κ1) is 17.5. The summed E-state index contributed by atoms with van der Waals surface area (Å²) in [5, 5.41) is 11.4. The first-order valence-electron chi connectivity index (χ1n) is 8.96. The van der Waals surface area contributed by atoms with Crippen molar-refractivity contribution >= 4 is 34.2 Å². The van der Waals surface area contributed by atoms with Crippen LogP contribution < -0.4 is 4.90 Å². The lowest BCUT2D eigenvalue weighted by molar-refractivity contribution is -0.141. The molecule has 7 heteroatoms. The fourth-order valence-corrected chi connectivity index (χ4v) is 4.04. The lowest BCUT2D eigenvalue weighted by Gasteiger charge is -2.34. The Balaban J connectivity index is 1.67. The van der Waals surface area contributed by atoms with E-state index in [9.17, 15) is 19.6 Å². The quantitative estimate of drug-likeness (QED) is 0.509. The Hall–Kier alpha value is -2.93. The Morgan fingerprint density at radius 3 is 2.44 bits per heavy atom. The summed E-state index contributed by atoms with van der Waals surface area (Å²) >= 11 is 0. The summed E-state index contributed by atoms with van der Waals surface area (Å²) in [6, 6.07) is 8.81. The summed E-state index contributed by atoms with van der Waals surface area (Å²) in [5.74, 6) is -1.28. The molecule has 2 aliphatic heterocycles. The normalized spacial score (nSPS) is 17.6. The third kappa shape index (κ3) is 2.84. The zero-order valence-electron chi connectivity index (χ0n) is 15.0. The fourth-order valence-electron chi connectivity index (χ4n) is 4.04. The van der Waals surface area contributed by atoms with E-state index in [1.807, 2.05) is 12.1 Å². The second-order valence-corrected chi connectivity index (χ2v) is 6.99. The van der Waals surface area contributed by atoms with Crippen molar-refractivity contribution in [3.63, 3.8) is 0 Å². The second kappa shape index (κ2) is 6.66. The largest absolute Gasteiger partial charge is 0.469 e. The number of ether oxygens (including phenoxy) is 1. The van der Waals surface area contributed by atoms with E-state index < -0.39 is 11.8 Å². The van der Waals surface area contributed by atoms with Gasteiger partial charge in [0.1, 0.15) is 0 Å². The number of imide groups is 1. The number of piperidine rings is 1. The molecule has 140 valence electrons. The van der Waals surface area contributed by atoms with Gasteiger partial charge in [0.2, 0.25) is 0 Å². The minimum Gasteiger partial charge on any atom is -0.469 e. The number of hydrogen-bond acceptors (Lipinski definition) is 6. The highest BCUT2D eigenvalue weighted by Gasteiger charge is 2.33. The number of hydrogen-bond donors (Lipinski definition) is 1. The van der Waals surface area contributed by atoms with Crippen molar-refractivity contribution in [3.8, 4) is 0 Å². The average Bonchev–Trinajstić information content (AvgIpc) is 2.70. The minimum atomic E-state index is -0.702. The van der Waals surface area contributed by atoms with Crippen LogP contribution in [0.5, 0.6) is 0 Å². The Morgan fingerprint density at radius 1 is 1.11 bits per heavy atom. The third-order valence-electron chi connectivity index (χ3n) is 5.50. The molecule has 2 amide bonds. The van der Waals surface area contributed by atoms with E-state index in [1.165, 1.54) is 7.11 Å². The Morgan fingerprint density at radius 2 is 1.78 bits per heavy atom. The molecule has 0 aromatic heterocycles. The molecule has 0 radical (unpaired) electrons. The van der Waals surface area contributed by atoms with E-state index >= 15 is 0 Å². The smallest absolute Gasteiger partial charge is 0.305 e. The van der Waals surface area contributed by atoms with Gasteiger partial charge in [0.25, 0.3) is 11.8 Å². The zero-order chi connectivity index (χ0) is 19.1. The van der Waals surface area contributed by atoms with Gasteiger partial charge in [0, 0.05) is 36.0 Å². The Labute approximate surface area is 156 Å². The first-order valence-corrected chi connectivity index (χ1v) is 8.96. The van der Waals surface area contributed by atoms with Gasteiger partial charge in [-0.1, -0.05) is 12.1 Å². The molecule has 0 bridgehead atoms. The van der Waals surface area contributed by atoms with E-state index in [0.717, 1.165) is 37.0 Å². The lowest BCUT2D eigenvalue weighted by atomic mass is 9.91. The molecule has 0 saturated carbocycles. The number of benzene rings is 2. The van der Waals surface area contributed by atoms with Gasteiger partial charge in [0.15, 0.2) is 0 Å². The molecule has 2 aliphatic rings. The van der Waals surface area contributed by atoms with E-state index in [2.05, 4.69) is 4.90 Å². The molecule has 7 nitrogen and oxygen atoms in total. The van der Waals surface area contributed by atoms with Crippen molar-refractivity contribution in [1.29, 1.82) is 0 Å². The van der Waals surface area contributed by atoms with Crippen molar-refractivity contribution in [1.82, 2.24) is 5.06 Å². The molecule has 0 aliphatic carbocycles. The SMILES string of the molecule is COC(=O)CC1CCN(c2ccc3c4c(cccc24)C(=O)N(O)C3=O)CC1. The standard InChI is InChI=1S/C20H20N2O5/c1-27-17(23)11-12-7-9-21(10-8-12)16-6-5-15-18-13(16)3-2-4-14(18)19(24)22(26)20(15)25/h2-6,12,26H,7-11H2,1H3. The molecule has 2 aromatic rings. The van der Waals surface area contributed by atoms with E-state index in [1.54, 1.807) is 18.2 Å². The molecular formula is C20H20N2O5. The van der Waals surface area contributed by atoms with Crippen LogP contribution in [0.1, 0.15) is 40.0 Å². The molecule has 1 saturated heterocycles. The van der Waals surface area contributed by atoms with Gasteiger partial charge in [0.05, 0.1) is 18.2 Å². The summed E-state index contributed by atoms with van der Waals surface area (Å²) in [4.78, 5) is 38.2. The molecule has 0 unspecified atom stereocenters. The number of rotatable bonds is 3. The summed E-state index contributed by atoms with van der Waals surface area (Å²) in [6.45, 7) is 1.57. The van der Waals surface area contributed by atoms with Crippen LogP contribution >= 0.6 is 0 Å². The maximum absolute atomic E-state index is 12.3. The van der Waals surface area contributed by atoms with Crippen molar-refractivity contribution in [3.05, 3.63) is 41.5 Å². The molecule has 1 fully saturated rings. The predicted molar refractivity (Wildman–Crippen MR) is 97.8 cm³/mol. The van der Waals surface area contributed by atoms with Crippen molar-refractivity contribution in [2.45, 2.75) is 19.3 Å². The number of carbonyl (C=O) groups is 3.